The van der Waals surface area contributed by atoms with Crippen LogP contribution in [0.1, 0.15) is 25.7 Å². The fourth-order valence-corrected chi connectivity index (χ4v) is 3.71. The van der Waals surface area contributed by atoms with Crippen LogP contribution in [0.15, 0.2) is 0 Å². The summed E-state index contributed by atoms with van der Waals surface area (Å²) >= 11 is 0. The van der Waals surface area contributed by atoms with Crippen molar-refractivity contribution < 1.29 is 19.8 Å². The molecule has 2 aliphatic carbocycles. The summed E-state index contributed by atoms with van der Waals surface area (Å²) in [5.41, 5.74) is 0. The molecule has 0 radical (unpaired) electrons. The van der Waals surface area contributed by atoms with E-state index in [0.717, 1.165) is 37.8 Å². The van der Waals surface area contributed by atoms with Crippen molar-refractivity contribution in [2.45, 2.75) is 37.8 Å². The van der Waals surface area contributed by atoms with Gasteiger partial charge in [-0.25, -0.2) is 0 Å². The Morgan fingerprint density at radius 3 is 1.41 bits per heavy atom. The molecule has 2 aliphatic heterocycles. The molecule has 4 rings (SSSR count). The van der Waals surface area contributed by atoms with E-state index in [2.05, 4.69) is 10.6 Å². The summed E-state index contributed by atoms with van der Waals surface area (Å²) in [5.74, 6) is 1.00. The first-order valence-corrected chi connectivity index (χ1v) is 7.50. The average Bonchev–Trinajstić information content (AvgIpc) is 3.30. The lowest BCUT2D eigenvalue weighted by molar-refractivity contribution is -0.141. The first-order chi connectivity index (χ1) is 9.58. The largest absolute Gasteiger partial charge is 0.480 e. The maximum absolute atomic E-state index is 10.5. The van der Waals surface area contributed by atoms with Gasteiger partial charge in [0.25, 0.3) is 0 Å². The first-order valence-electron chi connectivity index (χ1n) is 7.50. The number of carboxylic acid groups (broad SMARTS) is 2. The number of hydrogen-bond acceptors (Lipinski definition) is 4. The Labute approximate surface area is 142 Å². The lowest BCUT2D eigenvalue weighted by Gasteiger charge is -2.18. The Balaban J connectivity index is 0.000000202. The Morgan fingerprint density at radius 1 is 0.773 bits per heavy atom. The Morgan fingerprint density at radius 2 is 1.14 bits per heavy atom. The van der Waals surface area contributed by atoms with E-state index < -0.39 is 11.9 Å². The van der Waals surface area contributed by atoms with E-state index in [9.17, 15) is 9.59 Å². The van der Waals surface area contributed by atoms with Gasteiger partial charge < -0.3 is 20.8 Å². The van der Waals surface area contributed by atoms with E-state index in [4.69, 9.17) is 10.2 Å². The minimum absolute atomic E-state index is 0. The minimum Gasteiger partial charge on any atom is -0.480 e. The summed E-state index contributed by atoms with van der Waals surface area (Å²) in [4.78, 5) is 21.1. The fraction of sp³-hybridized carbons (Fsp3) is 0.857. The van der Waals surface area contributed by atoms with Crippen molar-refractivity contribution in [3.05, 3.63) is 0 Å². The molecular weight excluding hydrogens is 331 g/mol. The number of hydrogen-bond donors (Lipinski definition) is 4. The molecule has 2 heterocycles. The van der Waals surface area contributed by atoms with Gasteiger partial charge in [-0.15, -0.1) is 24.8 Å². The van der Waals surface area contributed by atoms with Crippen molar-refractivity contribution in [2.75, 3.05) is 13.1 Å². The van der Waals surface area contributed by atoms with Gasteiger partial charge in [0.15, 0.2) is 0 Å². The van der Waals surface area contributed by atoms with Gasteiger partial charge in [-0.05, 0) is 62.4 Å². The van der Waals surface area contributed by atoms with Crippen LogP contribution in [0, 0.1) is 23.7 Å². The number of rotatable bonds is 2. The monoisotopic (exact) mass is 354 g/mol. The second kappa shape index (κ2) is 7.81. The molecule has 128 valence electrons. The molecule has 6 nitrogen and oxygen atoms in total. The van der Waals surface area contributed by atoms with E-state index in [1.807, 2.05) is 0 Å². The van der Waals surface area contributed by atoms with Gasteiger partial charge in [-0.3, -0.25) is 9.59 Å². The van der Waals surface area contributed by atoms with Crippen LogP contribution in [0.2, 0.25) is 0 Å². The number of fused-ring (bicyclic) bond motifs is 2. The van der Waals surface area contributed by atoms with Crippen LogP contribution in [-0.2, 0) is 9.59 Å². The smallest absolute Gasteiger partial charge is 0.320 e. The van der Waals surface area contributed by atoms with E-state index in [1.54, 1.807) is 0 Å². The second-order valence-electron chi connectivity index (χ2n) is 6.44. The van der Waals surface area contributed by atoms with Crippen LogP contribution in [-0.4, -0.2) is 47.3 Å². The highest BCUT2D eigenvalue weighted by Gasteiger charge is 2.48. The highest BCUT2D eigenvalue weighted by atomic mass is 35.5. The second-order valence-corrected chi connectivity index (χ2v) is 6.44. The fourth-order valence-electron chi connectivity index (χ4n) is 3.71. The van der Waals surface area contributed by atoms with Crippen LogP contribution < -0.4 is 10.6 Å². The van der Waals surface area contributed by atoms with Gasteiger partial charge in [-0.1, -0.05) is 0 Å². The molecule has 0 aromatic heterocycles. The Hall–Kier alpha value is -0.560. The summed E-state index contributed by atoms with van der Waals surface area (Å²) < 4.78 is 0. The number of nitrogens with one attached hydrogen (secondary N) is 2. The third-order valence-corrected chi connectivity index (χ3v) is 5.10. The third kappa shape index (κ3) is 4.25. The molecule has 4 fully saturated rings. The Kier molecular flexibility index (Phi) is 6.92. The maximum atomic E-state index is 10.5. The van der Waals surface area contributed by atoms with Crippen LogP contribution >= 0.6 is 24.8 Å². The zero-order valence-electron chi connectivity index (χ0n) is 12.2. The molecule has 4 aliphatic rings. The molecule has 4 N–H and O–H groups in total. The van der Waals surface area contributed by atoms with Crippen molar-refractivity contribution in [1.82, 2.24) is 10.6 Å². The van der Waals surface area contributed by atoms with Gasteiger partial charge >= 0.3 is 11.9 Å². The first kappa shape index (κ1) is 19.5. The average molecular weight is 355 g/mol. The SMILES string of the molecule is Cl.Cl.O=C(O)C1NCC[C@@H]2C[C@H]12.O=C(O)C1NCC[C@H]2C[C@@H]12. The molecule has 8 heteroatoms. The number of halogens is 2. The van der Waals surface area contributed by atoms with Crippen molar-refractivity contribution in [2.24, 2.45) is 23.7 Å². The summed E-state index contributed by atoms with van der Waals surface area (Å²) in [5, 5.41) is 23.4. The minimum atomic E-state index is -0.674. The Bertz CT molecular complexity index is 386. The number of carbonyl (C=O) groups is 2. The van der Waals surface area contributed by atoms with E-state index in [-0.39, 0.29) is 36.9 Å². The number of aliphatic carboxylic acids is 2. The van der Waals surface area contributed by atoms with Gasteiger partial charge in [0.05, 0.1) is 0 Å². The molecule has 0 aromatic rings. The molecule has 0 aromatic carbocycles. The van der Waals surface area contributed by atoms with Gasteiger partial charge in [0.1, 0.15) is 12.1 Å². The normalized spacial score (nSPS) is 40.2. The molecule has 2 unspecified atom stereocenters. The van der Waals surface area contributed by atoms with E-state index in [0.29, 0.717) is 11.8 Å². The highest BCUT2D eigenvalue weighted by Crippen LogP contribution is 2.46. The van der Waals surface area contributed by atoms with Gasteiger partial charge in [0, 0.05) is 0 Å². The summed E-state index contributed by atoms with van der Waals surface area (Å²) in [6.07, 6.45) is 4.61. The molecular formula is C14H24Cl2N2O4. The zero-order chi connectivity index (χ0) is 14.3. The topological polar surface area (TPSA) is 98.7 Å². The molecule has 6 atom stereocenters. The van der Waals surface area contributed by atoms with E-state index in [1.165, 1.54) is 12.8 Å². The zero-order valence-corrected chi connectivity index (χ0v) is 13.9. The van der Waals surface area contributed by atoms with Gasteiger partial charge in [0.2, 0.25) is 0 Å². The molecule has 2 saturated carbocycles. The predicted octanol–water partition coefficient (Wildman–Crippen LogP) is 0.982. The number of carboxylic acids is 2. The van der Waals surface area contributed by atoms with Crippen molar-refractivity contribution >= 4 is 36.8 Å². The summed E-state index contributed by atoms with van der Waals surface area (Å²) in [6.45, 7) is 1.77. The van der Waals surface area contributed by atoms with Crippen LogP contribution in [0.3, 0.4) is 0 Å². The van der Waals surface area contributed by atoms with Crippen molar-refractivity contribution in [1.29, 1.82) is 0 Å². The molecule has 0 bridgehead atoms. The van der Waals surface area contributed by atoms with Crippen LogP contribution in [0.25, 0.3) is 0 Å². The standard InChI is InChI=1S/2C7H11NO2.2ClH/c2*9-7(10)6-5-3-4(5)1-2-8-6;;/h2*4-6,8H,1-3H2,(H,9,10);2*1H/t2*4-,5+,6?;;/m10../s1. The molecule has 0 amide bonds. The van der Waals surface area contributed by atoms with Crippen molar-refractivity contribution in [3.63, 3.8) is 0 Å². The number of piperidine rings is 2. The quantitative estimate of drug-likeness (QED) is 0.590. The molecule has 22 heavy (non-hydrogen) atoms. The molecule has 0 spiro atoms. The van der Waals surface area contributed by atoms with E-state index >= 15 is 0 Å². The lowest BCUT2D eigenvalue weighted by Crippen LogP contribution is -2.42. The molecule has 2 saturated heterocycles. The predicted molar refractivity (Wildman–Crippen MR) is 85.8 cm³/mol. The lowest BCUT2D eigenvalue weighted by atomic mass is 10.1. The van der Waals surface area contributed by atoms with Crippen LogP contribution in [0.4, 0.5) is 0 Å². The van der Waals surface area contributed by atoms with Crippen LogP contribution in [0.5, 0.6) is 0 Å². The van der Waals surface area contributed by atoms with Gasteiger partial charge in [-0.2, -0.15) is 0 Å². The maximum Gasteiger partial charge on any atom is 0.320 e. The highest BCUT2D eigenvalue weighted by molar-refractivity contribution is 5.85. The third-order valence-electron chi connectivity index (χ3n) is 5.10. The van der Waals surface area contributed by atoms with Crippen molar-refractivity contribution in [3.8, 4) is 0 Å². The summed E-state index contributed by atoms with van der Waals surface area (Å²) in [6, 6.07) is -0.475. The summed E-state index contributed by atoms with van der Waals surface area (Å²) in [7, 11) is 0.